The Labute approximate surface area is 220 Å². The Bertz CT molecular complexity index is 1020. The van der Waals surface area contributed by atoms with E-state index in [0.29, 0.717) is 11.5 Å². The number of carbonyl (C=O) groups is 1. The predicted octanol–water partition coefficient (Wildman–Crippen LogP) is 8.29. The molecule has 37 heavy (non-hydrogen) atoms. The molecule has 0 radical (unpaired) electrons. The first-order valence-corrected chi connectivity index (χ1v) is 13.5. The van der Waals surface area contributed by atoms with Gasteiger partial charge in [-0.15, -0.1) is 0 Å². The summed E-state index contributed by atoms with van der Waals surface area (Å²) in [6, 6.07) is 11.7. The number of ether oxygens (including phenoxy) is 1. The zero-order chi connectivity index (χ0) is 27.2. The molecule has 0 unspecified atom stereocenters. The lowest BCUT2D eigenvalue weighted by Crippen LogP contribution is -2.40. The topological polar surface area (TPSA) is 29.5 Å². The molecule has 0 bridgehead atoms. The van der Waals surface area contributed by atoms with Crippen molar-refractivity contribution in [2.24, 2.45) is 11.3 Å². The van der Waals surface area contributed by atoms with Crippen molar-refractivity contribution in [2.45, 2.75) is 91.4 Å². The minimum Gasteiger partial charge on any atom is -0.469 e. The van der Waals surface area contributed by atoms with Crippen LogP contribution in [0.4, 0.5) is 13.2 Å². The molecule has 0 aromatic heterocycles. The Kier molecular flexibility index (Phi) is 9.85. The highest BCUT2D eigenvalue weighted by Gasteiger charge is 2.32. The van der Waals surface area contributed by atoms with Crippen molar-refractivity contribution < 1.29 is 22.7 Å². The molecule has 0 N–H and O–H groups in total. The molecule has 1 aliphatic rings. The zero-order valence-electron chi connectivity index (χ0n) is 23.0. The summed E-state index contributed by atoms with van der Waals surface area (Å²) >= 11 is 0. The summed E-state index contributed by atoms with van der Waals surface area (Å²) in [7, 11) is 1.35. The SMILES string of the molecule is CCCCN(Cc1ccc(CC(=O)OC)cc1-c1ccc(C(F)(F)F)cc1)C1CCC(C(C)(C)C)CC1. The fourth-order valence-electron chi connectivity index (χ4n) is 5.50. The van der Waals surface area contributed by atoms with Gasteiger partial charge in [-0.25, -0.2) is 0 Å². The Hall–Kier alpha value is -2.34. The maximum absolute atomic E-state index is 13.2. The number of benzene rings is 2. The summed E-state index contributed by atoms with van der Waals surface area (Å²) in [4.78, 5) is 14.5. The minimum absolute atomic E-state index is 0.126. The fourth-order valence-corrected chi connectivity index (χ4v) is 5.50. The van der Waals surface area contributed by atoms with E-state index >= 15 is 0 Å². The lowest BCUT2D eigenvalue weighted by molar-refractivity contribution is -0.140. The van der Waals surface area contributed by atoms with E-state index in [1.807, 2.05) is 18.2 Å². The largest absolute Gasteiger partial charge is 0.469 e. The molecule has 1 aliphatic carbocycles. The van der Waals surface area contributed by atoms with Gasteiger partial charge in [0.1, 0.15) is 0 Å². The quantitative estimate of drug-likeness (QED) is 0.313. The van der Waals surface area contributed by atoms with Gasteiger partial charge >= 0.3 is 12.1 Å². The van der Waals surface area contributed by atoms with E-state index in [2.05, 4.69) is 32.6 Å². The second-order valence-corrected chi connectivity index (χ2v) is 11.5. The first-order valence-electron chi connectivity index (χ1n) is 13.5. The molecule has 0 atom stereocenters. The lowest BCUT2D eigenvalue weighted by atomic mass is 9.71. The smallest absolute Gasteiger partial charge is 0.416 e. The van der Waals surface area contributed by atoms with Crippen molar-refractivity contribution in [3.05, 3.63) is 59.2 Å². The molecule has 3 rings (SSSR count). The number of nitrogens with zero attached hydrogens (tertiary/aromatic N) is 1. The Morgan fingerprint density at radius 3 is 2.19 bits per heavy atom. The number of unbranched alkanes of at least 4 members (excludes halogenated alkanes) is 1. The van der Waals surface area contributed by atoms with Crippen LogP contribution in [0.1, 0.15) is 82.9 Å². The molecule has 1 fully saturated rings. The molecule has 2 aromatic carbocycles. The summed E-state index contributed by atoms with van der Waals surface area (Å²) in [6.45, 7) is 10.9. The molecule has 3 nitrogen and oxygen atoms in total. The third-order valence-corrected chi connectivity index (χ3v) is 7.88. The van der Waals surface area contributed by atoms with E-state index in [-0.39, 0.29) is 12.4 Å². The summed E-state index contributed by atoms with van der Waals surface area (Å²) in [5.41, 5.74) is 3.12. The molecular formula is C31H42F3NO2. The Morgan fingerprint density at radius 2 is 1.65 bits per heavy atom. The van der Waals surface area contributed by atoms with Gasteiger partial charge in [0, 0.05) is 12.6 Å². The monoisotopic (exact) mass is 517 g/mol. The van der Waals surface area contributed by atoms with Crippen LogP contribution in [0.15, 0.2) is 42.5 Å². The highest BCUT2D eigenvalue weighted by Crippen LogP contribution is 2.40. The highest BCUT2D eigenvalue weighted by molar-refractivity contribution is 5.75. The molecule has 1 saturated carbocycles. The summed E-state index contributed by atoms with van der Waals surface area (Å²) in [5.74, 6) is 0.392. The predicted molar refractivity (Wildman–Crippen MR) is 143 cm³/mol. The van der Waals surface area contributed by atoms with Crippen molar-refractivity contribution in [1.82, 2.24) is 4.90 Å². The van der Waals surface area contributed by atoms with Gasteiger partial charge in [0.25, 0.3) is 0 Å². The van der Waals surface area contributed by atoms with Gasteiger partial charge in [-0.1, -0.05) is 64.4 Å². The first kappa shape index (κ1) is 29.2. The number of alkyl halides is 3. The average molecular weight is 518 g/mol. The van der Waals surface area contributed by atoms with Gasteiger partial charge in [0.05, 0.1) is 19.1 Å². The van der Waals surface area contributed by atoms with E-state index in [4.69, 9.17) is 4.74 Å². The second kappa shape index (κ2) is 12.5. The van der Waals surface area contributed by atoms with Crippen molar-refractivity contribution in [3.8, 4) is 11.1 Å². The van der Waals surface area contributed by atoms with Crippen LogP contribution in [0.5, 0.6) is 0 Å². The van der Waals surface area contributed by atoms with E-state index in [1.165, 1.54) is 44.9 Å². The van der Waals surface area contributed by atoms with Crippen molar-refractivity contribution in [2.75, 3.05) is 13.7 Å². The van der Waals surface area contributed by atoms with Crippen molar-refractivity contribution >= 4 is 5.97 Å². The highest BCUT2D eigenvalue weighted by atomic mass is 19.4. The van der Waals surface area contributed by atoms with Crippen LogP contribution in [-0.2, 0) is 28.7 Å². The molecule has 6 heteroatoms. The van der Waals surface area contributed by atoms with Crippen LogP contribution in [0, 0.1) is 11.3 Å². The van der Waals surface area contributed by atoms with E-state index in [0.717, 1.165) is 66.2 Å². The van der Waals surface area contributed by atoms with Crippen LogP contribution in [0.25, 0.3) is 11.1 Å². The molecule has 0 amide bonds. The Balaban J connectivity index is 1.91. The normalized spacial score (nSPS) is 18.7. The van der Waals surface area contributed by atoms with Crippen LogP contribution >= 0.6 is 0 Å². The van der Waals surface area contributed by atoms with Crippen LogP contribution in [0.3, 0.4) is 0 Å². The van der Waals surface area contributed by atoms with Gasteiger partial charge in [0.15, 0.2) is 0 Å². The molecular weight excluding hydrogens is 475 g/mol. The van der Waals surface area contributed by atoms with E-state index in [1.54, 1.807) is 0 Å². The summed E-state index contributed by atoms with van der Waals surface area (Å²) in [5, 5.41) is 0. The molecule has 204 valence electrons. The number of esters is 1. The number of carbonyl (C=O) groups excluding carboxylic acids is 1. The maximum Gasteiger partial charge on any atom is 0.416 e. The fraction of sp³-hybridized carbons (Fsp3) is 0.581. The van der Waals surface area contributed by atoms with Gasteiger partial charge in [-0.2, -0.15) is 13.2 Å². The number of methoxy groups -OCH3 is 1. The number of rotatable bonds is 9. The molecule has 0 aliphatic heterocycles. The zero-order valence-corrected chi connectivity index (χ0v) is 23.0. The second-order valence-electron chi connectivity index (χ2n) is 11.5. The maximum atomic E-state index is 13.2. The average Bonchev–Trinajstić information content (AvgIpc) is 2.86. The van der Waals surface area contributed by atoms with Crippen LogP contribution in [0.2, 0.25) is 0 Å². The van der Waals surface area contributed by atoms with Gasteiger partial charge in [0.2, 0.25) is 0 Å². The first-order chi connectivity index (χ1) is 17.4. The standard InChI is InChI=1S/C31H42F3NO2/c1-6-7-18-35(27-16-14-25(15-17-27)30(2,3)4)21-24-9-8-22(20-29(36)37-5)19-28(24)23-10-12-26(13-11-23)31(32,33)34/h8-13,19,25,27H,6-7,14-18,20-21H2,1-5H3. The number of hydrogen-bond acceptors (Lipinski definition) is 3. The lowest BCUT2D eigenvalue weighted by Gasteiger charge is -2.41. The van der Waals surface area contributed by atoms with Gasteiger partial charge in [-0.3, -0.25) is 9.69 Å². The molecule has 0 saturated heterocycles. The minimum atomic E-state index is -4.38. The van der Waals surface area contributed by atoms with Crippen molar-refractivity contribution in [3.63, 3.8) is 0 Å². The third-order valence-electron chi connectivity index (χ3n) is 7.88. The molecule has 0 heterocycles. The van der Waals surface area contributed by atoms with E-state index < -0.39 is 11.7 Å². The molecule has 2 aromatic rings. The van der Waals surface area contributed by atoms with E-state index in [9.17, 15) is 18.0 Å². The summed E-state index contributed by atoms with van der Waals surface area (Å²) in [6.07, 6.45) is 2.75. The van der Waals surface area contributed by atoms with Crippen LogP contribution in [-0.4, -0.2) is 30.6 Å². The number of hydrogen-bond donors (Lipinski definition) is 0. The number of halogens is 3. The van der Waals surface area contributed by atoms with Gasteiger partial charge in [-0.05, 0) is 84.4 Å². The van der Waals surface area contributed by atoms with Crippen LogP contribution < -0.4 is 0 Å². The Morgan fingerprint density at radius 1 is 1.00 bits per heavy atom. The third kappa shape index (κ3) is 8.07. The van der Waals surface area contributed by atoms with Crippen molar-refractivity contribution in [1.29, 1.82) is 0 Å². The molecule has 0 spiro atoms. The van der Waals surface area contributed by atoms with Gasteiger partial charge < -0.3 is 4.74 Å². The summed E-state index contributed by atoms with van der Waals surface area (Å²) < 4.78 is 44.4.